The molecular weight excluding hydrogens is 594 g/mol. The predicted molar refractivity (Wildman–Crippen MR) is 192 cm³/mol. The summed E-state index contributed by atoms with van der Waals surface area (Å²) in [6, 6.07) is -1.04. The summed E-state index contributed by atoms with van der Waals surface area (Å²) in [4.78, 5) is 27.5. The van der Waals surface area contributed by atoms with Crippen molar-refractivity contribution in [2.24, 2.45) is 5.73 Å². The summed E-state index contributed by atoms with van der Waals surface area (Å²) in [7, 11) is 0. The minimum atomic E-state index is -1.41. The molecule has 0 aromatic heterocycles. The summed E-state index contributed by atoms with van der Waals surface area (Å²) >= 11 is 0. The number of carbonyl (C=O) groups excluding carboxylic acids is 2. The fourth-order valence-corrected chi connectivity index (χ4v) is 6.72. The van der Waals surface area contributed by atoms with E-state index in [9.17, 15) is 24.9 Å². The van der Waals surface area contributed by atoms with E-state index in [1.807, 2.05) is 0 Å². The van der Waals surface area contributed by atoms with E-state index in [2.05, 4.69) is 19.2 Å². The van der Waals surface area contributed by atoms with Gasteiger partial charge in [0.25, 0.3) is 0 Å². The molecule has 0 bridgehead atoms. The molecular formula is C38H75N3O6. The molecule has 0 aliphatic carbocycles. The van der Waals surface area contributed by atoms with Gasteiger partial charge in [0, 0.05) is 13.0 Å². The van der Waals surface area contributed by atoms with Gasteiger partial charge in [0.05, 0.1) is 13.2 Å². The number of aliphatic hydroxyl groups excluding tert-OH is 3. The minimum absolute atomic E-state index is 0.0915. The third-order valence-electron chi connectivity index (χ3n) is 9.79. The number of ether oxygens (including phenoxy) is 1. The molecule has 0 unspecified atom stereocenters. The molecule has 1 aliphatic heterocycles. The first kappa shape index (κ1) is 43.8. The van der Waals surface area contributed by atoms with Crippen LogP contribution in [-0.2, 0) is 14.3 Å². The lowest BCUT2D eigenvalue weighted by molar-refractivity contribution is -0.231. The monoisotopic (exact) mass is 670 g/mol. The molecule has 0 spiro atoms. The maximum Gasteiger partial charge on any atom is 0.234 e. The van der Waals surface area contributed by atoms with Gasteiger partial charge >= 0.3 is 0 Å². The molecule has 1 fully saturated rings. The molecule has 1 aliphatic rings. The number of nitrogens with zero attached hydrogens (tertiary/aromatic N) is 1. The van der Waals surface area contributed by atoms with E-state index < -0.39 is 43.1 Å². The van der Waals surface area contributed by atoms with Crippen molar-refractivity contribution in [1.82, 2.24) is 10.2 Å². The zero-order valence-electron chi connectivity index (χ0n) is 30.5. The number of rotatable bonds is 31. The molecule has 9 nitrogen and oxygen atoms in total. The first-order valence-corrected chi connectivity index (χ1v) is 19.8. The Hall–Kier alpha value is -1.26. The quantitative estimate of drug-likeness (QED) is 0.0506. The van der Waals surface area contributed by atoms with E-state index in [-0.39, 0.29) is 12.5 Å². The number of nitrogens with two attached hydrogens (primary N) is 1. The van der Waals surface area contributed by atoms with Gasteiger partial charge in [-0.25, -0.2) is 0 Å². The van der Waals surface area contributed by atoms with Crippen LogP contribution in [0.1, 0.15) is 181 Å². The van der Waals surface area contributed by atoms with Crippen molar-refractivity contribution in [3.05, 3.63) is 0 Å². The third kappa shape index (κ3) is 20.1. The summed E-state index contributed by atoms with van der Waals surface area (Å²) in [5.41, 5.74) is 5.53. The average Bonchev–Trinajstić information content (AvgIpc) is 3.07. The Labute approximate surface area is 288 Å². The lowest BCUT2D eigenvalue weighted by atomic mass is 9.94. The second kappa shape index (κ2) is 29.6. The SMILES string of the molecule is CCCCCCCCCCCCCCCCCCN(C(=O)CCCCCCCCCCC)[C@@H]1O[C@H](CO)[C@H](O)[C@H](O)[C@H]1NC(=O)CN. The highest BCUT2D eigenvalue weighted by Crippen LogP contribution is 2.26. The number of amides is 2. The third-order valence-corrected chi connectivity index (χ3v) is 9.79. The molecule has 0 radical (unpaired) electrons. The van der Waals surface area contributed by atoms with E-state index in [1.165, 1.54) is 122 Å². The summed E-state index contributed by atoms with van der Waals surface area (Å²) in [6.07, 6.45) is 26.0. The molecule has 0 saturated carbocycles. The van der Waals surface area contributed by atoms with E-state index in [0.717, 1.165) is 38.5 Å². The number of nitrogens with one attached hydrogen (secondary N) is 1. The number of aliphatic hydroxyl groups is 3. The lowest BCUT2D eigenvalue weighted by Crippen LogP contribution is -2.69. The maximum atomic E-state index is 13.6. The van der Waals surface area contributed by atoms with Crippen LogP contribution in [0.15, 0.2) is 0 Å². The standard InChI is InChI=1S/C38H75N3O6/c1-3-5-7-9-11-13-14-15-16-17-18-19-21-23-25-27-29-41(34(44)28-26-24-22-20-12-10-8-6-4-2)38-35(40-33(43)30-39)37(46)36(45)32(31-42)47-38/h32,35-38,42,45-46H,3-31,39H2,1-2H3,(H,40,43)/t32-,35-,36+,37-,38-/m1/s1. The van der Waals surface area contributed by atoms with Gasteiger partial charge in [-0.1, -0.05) is 162 Å². The topological polar surface area (TPSA) is 145 Å². The number of hydrogen-bond donors (Lipinski definition) is 5. The van der Waals surface area contributed by atoms with Gasteiger partial charge in [0.15, 0.2) is 6.23 Å². The van der Waals surface area contributed by atoms with Crippen molar-refractivity contribution in [3.63, 3.8) is 0 Å². The molecule has 1 saturated heterocycles. The van der Waals surface area contributed by atoms with Crippen molar-refractivity contribution < 1.29 is 29.6 Å². The maximum absolute atomic E-state index is 13.6. The average molecular weight is 670 g/mol. The predicted octanol–water partition coefficient (Wildman–Crippen LogP) is 6.88. The van der Waals surface area contributed by atoms with Gasteiger partial charge in [-0.3, -0.25) is 9.59 Å². The minimum Gasteiger partial charge on any atom is -0.394 e. The Morgan fingerprint density at radius 3 is 1.45 bits per heavy atom. The molecule has 9 heteroatoms. The van der Waals surface area contributed by atoms with Gasteiger partial charge in [0.1, 0.15) is 24.4 Å². The Balaban J connectivity index is 2.55. The second-order valence-corrected chi connectivity index (χ2v) is 14.0. The smallest absolute Gasteiger partial charge is 0.234 e. The Morgan fingerprint density at radius 1 is 0.638 bits per heavy atom. The normalized spacial score (nSPS) is 21.2. The highest BCUT2D eigenvalue weighted by Gasteiger charge is 2.48. The lowest BCUT2D eigenvalue weighted by Gasteiger charge is -2.46. The molecule has 1 heterocycles. The summed E-state index contributed by atoms with van der Waals surface area (Å²) < 4.78 is 6.02. The van der Waals surface area contributed by atoms with Gasteiger partial charge in [-0.2, -0.15) is 0 Å². The summed E-state index contributed by atoms with van der Waals surface area (Å²) in [5, 5.41) is 33.9. The van der Waals surface area contributed by atoms with Crippen molar-refractivity contribution >= 4 is 11.8 Å². The van der Waals surface area contributed by atoms with E-state index >= 15 is 0 Å². The van der Waals surface area contributed by atoms with Crippen LogP contribution in [0, 0.1) is 0 Å². The van der Waals surface area contributed by atoms with Crippen LogP contribution < -0.4 is 11.1 Å². The fraction of sp³-hybridized carbons (Fsp3) is 0.947. The highest BCUT2D eigenvalue weighted by molar-refractivity contribution is 5.79. The van der Waals surface area contributed by atoms with Crippen LogP contribution in [0.4, 0.5) is 0 Å². The van der Waals surface area contributed by atoms with Gasteiger partial charge < -0.3 is 36.0 Å². The number of unbranched alkanes of at least 4 members (excludes halogenated alkanes) is 23. The zero-order chi connectivity index (χ0) is 34.5. The van der Waals surface area contributed by atoms with E-state index in [1.54, 1.807) is 4.90 Å². The molecule has 6 N–H and O–H groups in total. The van der Waals surface area contributed by atoms with Gasteiger partial charge in [-0.15, -0.1) is 0 Å². The molecule has 0 aromatic rings. The zero-order valence-corrected chi connectivity index (χ0v) is 30.5. The number of carbonyl (C=O) groups is 2. The first-order chi connectivity index (χ1) is 22.9. The van der Waals surface area contributed by atoms with Gasteiger partial charge in [-0.05, 0) is 12.8 Å². The van der Waals surface area contributed by atoms with Gasteiger partial charge in [0.2, 0.25) is 11.8 Å². The van der Waals surface area contributed by atoms with Crippen LogP contribution in [0.5, 0.6) is 0 Å². The molecule has 5 atom stereocenters. The van der Waals surface area contributed by atoms with Crippen LogP contribution in [0.3, 0.4) is 0 Å². The van der Waals surface area contributed by atoms with Crippen LogP contribution >= 0.6 is 0 Å². The van der Waals surface area contributed by atoms with E-state index in [0.29, 0.717) is 13.0 Å². The molecule has 2 amide bonds. The largest absolute Gasteiger partial charge is 0.394 e. The Kier molecular flexibility index (Phi) is 27.6. The van der Waals surface area contributed by atoms with Crippen LogP contribution in [0.2, 0.25) is 0 Å². The molecule has 0 aromatic carbocycles. The molecule has 47 heavy (non-hydrogen) atoms. The van der Waals surface area contributed by atoms with Crippen LogP contribution in [-0.4, -0.2) is 82.3 Å². The number of hydrogen-bond acceptors (Lipinski definition) is 7. The van der Waals surface area contributed by atoms with Crippen LogP contribution in [0.25, 0.3) is 0 Å². The Morgan fingerprint density at radius 2 is 1.04 bits per heavy atom. The highest BCUT2D eigenvalue weighted by atomic mass is 16.5. The molecule has 278 valence electrons. The van der Waals surface area contributed by atoms with E-state index in [4.69, 9.17) is 10.5 Å². The summed E-state index contributed by atoms with van der Waals surface area (Å²) in [5.74, 6) is -0.600. The fourth-order valence-electron chi connectivity index (χ4n) is 6.72. The Bertz CT molecular complexity index is 757. The molecule has 1 rings (SSSR count). The van der Waals surface area contributed by atoms with Crippen molar-refractivity contribution in [2.45, 2.75) is 211 Å². The van der Waals surface area contributed by atoms with Crippen molar-refractivity contribution in [1.29, 1.82) is 0 Å². The first-order valence-electron chi connectivity index (χ1n) is 19.8. The second-order valence-electron chi connectivity index (χ2n) is 14.0. The summed E-state index contributed by atoms with van der Waals surface area (Å²) in [6.45, 7) is 4.11. The van der Waals surface area contributed by atoms with Crippen molar-refractivity contribution in [2.75, 3.05) is 19.7 Å². The van der Waals surface area contributed by atoms with Crippen molar-refractivity contribution in [3.8, 4) is 0 Å².